The predicted octanol–water partition coefficient (Wildman–Crippen LogP) is 3.03. The Morgan fingerprint density at radius 3 is 2.54 bits per heavy atom. The zero-order valence-corrected chi connectivity index (χ0v) is 13.0. The molecule has 0 spiro atoms. The van der Waals surface area contributed by atoms with Crippen LogP contribution in [0.5, 0.6) is 5.75 Å². The Kier molecular flexibility index (Phi) is 6.08. The number of nitrogens with one attached hydrogen (secondary N) is 1. The van der Waals surface area contributed by atoms with E-state index in [0.29, 0.717) is 17.0 Å². The molecular weight excluding hydrogens is 313 g/mol. The summed E-state index contributed by atoms with van der Waals surface area (Å²) in [6, 6.07) is 12.4. The summed E-state index contributed by atoms with van der Waals surface area (Å²) in [6.45, 7) is -0.438. The van der Waals surface area contributed by atoms with Crippen LogP contribution >= 0.6 is 0 Å². The minimum Gasteiger partial charge on any atom is -0.496 e. The van der Waals surface area contributed by atoms with Gasteiger partial charge in [-0.2, -0.15) is 0 Å². The van der Waals surface area contributed by atoms with Crippen molar-refractivity contribution >= 4 is 23.6 Å². The predicted molar refractivity (Wildman–Crippen MR) is 88.0 cm³/mol. The lowest BCUT2D eigenvalue weighted by atomic mass is 10.2. The van der Waals surface area contributed by atoms with Gasteiger partial charge in [0.05, 0.1) is 7.11 Å². The first-order chi connectivity index (χ1) is 11.6. The van der Waals surface area contributed by atoms with Crippen LogP contribution in [0.3, 0.4) is 0 Å². The third kappa shape index (κ3) is 5.24. The number of benzene rings is 2. The van der Waals surface area contributed by atoms with Gasteiger partial charge in [0.15, 0.2) is 6.61 Å². The van der Waals surface area contributed by atoms with Gasteiger partial charge in [0.25, 0.3) is 5.91 Å². The quantitative estimate of drug-likeness (QED) is 0.653. The van der Waals surface area contributed by atoms with Crippen LogP contribution in [-0.2, 0) is 14.3 Å². The zero-order chi connectivity index (χ0) is 17.4. The molecule has 124 valence electrons. The largest absolute Gasteiger partial charge is 0.496 e. The Balaban J connectivity index is 1.83. The molecular formula is C18H16FNO4. The van der Waals surface area contributed by atoms with Gasteiger partial charge in [-0.15, -0.1) is 0 Å². The molecule has 0 radical (unpaired) electrons. The molecule has 0 aliphatic rings. The second kappa shape index (κ2) is 8.47. The number of methoxy groups -OCH3 is 1. The van der Waals surface area contributed by atoms with Gasteiger partial charge in [-0.1, -0.05) is 18.2 Å². The van der Waals surface area contributed by atoms with E-state index in [2.05, 4.69) is 5.32 Å². The van der Waals surface area contributed by atoms with E-state index >= 15 is 0 Å². The van der Waals surface area contributed by atoms with E-state index in [1.54, 1.807) is 18.2 Å². The van der Waals surface area contributed by atoms with Crippen molar-refractivity contribution in [3.63, 3.8) is 0 Å². The van der Waals surface area contributed by atoms with E-state index in [1.807, 2.05) is 12.1 Å². The maximum absolute atomic E-state index is 12.8. The molecule has 0 aliphatic carbocycles. The smallest absolute Gasteiger partial charge is 0.331 e. The summed E-state index contributed by atoms with van der Waals surface area (Å²) in [7, 11) is 1.53. The van der Waals surface area contributed by atoms with Crippen LogP contribution in [0.2, 0.25) is 0 Å². The third-order valence-corrected chi connectivity index (χ3v) is 3.01. The van der Waals surface area contributed by atoms with Gasteiger partial charge in [-0.3, -0.25) is 4.79 Å². The molecule has 1 amide bonds. The molecule has 0 aromatic heterocycles. The van der Waals surface area contributed by atoms with Gasteiger partial charge in [0, 0.05) is 17.3 Å². The minimum atomic E-state index is -0.657. The van der Waals surface area contributed by atoms with Gasteiger partial charge >= 0.3 is 5.97 Å². The number of carbonyl (C=O) groups is 2. The Bertz CT molecular complexity index is 741. The molecule has 1 N–H and O–H groups in total. The number of halogens is 1. The second-order valence-electron chi connectivity index (χ2n) is 4.74. The molecule has 0 saturated carbocycles. The summed E-state index contributed by atoms with van der Waals surface area (Å²) in [5.74, 6) is -0.952. The van der Waals surface area contributed by atoms with Crippen molar-refractivity contribution in [2.75, 3.05) is 19.0 Å². The van der Waals surface area contributed by atoms with Crippen molar-refractivity contribution in [1.29, 1.82) is 0 Å². The molecule has 6 heteroatoms. The Labute approximate surface area is 138 Å². The van der Waals surface area contributed by atoms with Crippen LogP contribution in [0.4, 0.5) is 10.1 Å². The van der Waals surface area contributed by atoms with Crippen molar-refractivity contribution in [3.05, 3.63) is 66.0 Å². The fourth-order valence-corrected chi connectivity index (χ4v) is 1.88. The van der Waals surface area contributed by atoms with Crippen molar-refractivity contribution in [1.82, 2.24) is 0 Å². The zero-order valence-electron chi connectivity index (χ0n) is 13.0. The van der Waals surface area contributed by atoms with Crippen LogP contribution in [-0.4, -0.2) is 25.6 Å². The SMILES string of the molecule is COc1ccccc1/C=C/C(=O)OCC(=O)Nc1ccc(F)cc1. The summed E-state index contributed by atoms with van der Waals surface area (Å²) in [5.41, 5.74) is 1.13. The van der Waals surface area contributed by atoms with Gasteiger partial charge in [-0.05, 0) is 36.4 Å². The third-order valence-electron chi connectivity index (χ3n) is 3.01. The van der Waals surface area contributed by atoms with E-state index in [1.165, 1.54) is 37.5 Å². The first kappa shape index (κ1) is 17.2. The molecule has 5 nitrogen and oxygen atoms in total. The van der Waals surface area contributed by atoms with E-state index in [9.17, 15) is 14.0 Å². The summed E-state index contributed by atoms with van der Waals surface area (Å²) in [5, 5.41) is 2.49. The highest BCUT2D eigenvalue weighted by molar-refractivity contribution is 5.94. The standard InChI is InChI=1S/C18H16FNO4/c1-23-16-5-3-2-4-13(16)6-11-18(22)24-12-17(21)20-15-9-7-14(19)8-10-15/h2-11H,12H2,1H3,(H,20,21)/b11-6+. The number of hydrogen-bond donors (Lipinski definition) is 1. The number of hydrogen-bond acceptors (Lipinski definition) is 4. The van der Waals surface area contributed by atoms with E-state index in [4.69, 9.17) is 9.47 Å². The van der Waals surface area contributed by atoms with Crippen LogP contribution in [0.25, 0.3) is 6.08 Å². The van der Waals surface area contributed by atoms with E-state index in [-0.39, 0.29) is 0 Å². The highest BCUT2D eigenvalue weighted by Gasteiger charge is 2.06. The molecule has 2 rings (SSSR count). The average molecular weight is 329 g/mol. The van der Waals surface area contributed by atoms with Crippen LogP contribution in [0, 0.1) is 5.82 Å². The molecule has 0 bridgehead atoms. The fourth-order valence-electron chi connectivity index (χ4n) is 1.88. The van der Waals surface area contributed by atoms with Crippen molar-refractivity contribution < 1.29 is 23.5 Å². The number of para-hydroxylation sites is 1. The number of carbonyl (C=O) groups excluding carboxylic acids is 2. The summed E-state index contributed by atoms with van der Waals surface area (Å²) >= 11 is 0. The van der Waals surface area contributed by atoms with Gasteiger partial charge in [0.2, 0.25) is 0 Å². The first-order valence-electron chi connectivity index (χ1n) is 7.12. The second-order valence-corrected chi connectivity index (χ2v) is 4.74. The summed E-state index contributed by atoms with van der Waals surface area (Å²) in [6.07, 6.45) is 2.75. The molecule has 0 atom stereocenters. The lowest BCUT2D eigenvalue weighted by Gasteiger charge is -2.05. The molecule has 2 aromatic rings. The van der Waals surface area contributed by atoms with Gasteiger partial charge in [0.1, 0.15) is 11.6 Å². The lowest BCUT2D eigenvalue weighted by molar-refractivity contribution is -0.142. The van der Waals surface area contributed by atoms with E-state index in [0.717, 1.165) is 0 Å². The molecule has 2 aromatic carbocycles. The number of amides is 1. The average Bonchev–Trinajstić information content (AvgIpc) is 2.60. The number of rotatable bonds is 6. The molecule has 0 aliphatic heterocycles. The van der Waals surface area contributed by atoms with Crippen LogP contribution in [0.15, 0.2) is 54.6 Å². The van der Waals surface area contributed by atoms with Crippen molar-refractivity contribution in [2.45, 2.75) is 0 Å². The number of ether oxygens (including phenoxy) is 2. The van der Waals surface area contributed by atoms with E-state index < -0.39 is 24.3 Å². The highest BCUT2D eigenvalue weighted by atomic mass is 19.1. The minimum absolute atomic E-state index is 0.402. The molecule has 0 heterocycles. The molecule has 0 fully saturated rings. The van der Waals surface area contributed by atoms with Gasteiger partial charge in [-0.25, -0.2) is 9.18 Å². The first-order valence-corrected chi connectivity index (χ1v) is 7.12. The summed E-state index contributed by atoms with van der Waals surface area (Å²) in [4.78, 5) is 23.3. The number of esters is 1. The Morgan fingerprint density at radius 2 is 1.83 bits per heavy atom. The van der Waals surface area contributed by atoms with Crippen LogP contribution in [0.1, 0.15) is 5.56 Å². The molecule has 0 unspecified atom stereocenters. The Morgan fingerprint density at radius 1 is 1.12 bits per heavy atom. The fraction of sp³-hybridized carbons (Fsp3) is 0.111. The van der Waals surface area contributed by atoms with Crippen molar-refractivity contribution in [2.24, 2.45) is 0 Å². The lowest BCUT2D eigenvalue weighted by Crippen LogP contribution is -2.20. The molecule has 24 heavy (non-hydrogen) atoms. The molecule has 0 saturated heterocycles. The topological polar surface area (TPSA) is 64.6 Å². The monoisotopic (exact) mass is 329 g/mol. The number of anilines is 1. The maximum atomic E-state index is 12.8. The van der Waals surface area contributed by atoms with Crippen LogP contribution < -0.4 is 10.1 Å². The highest BCUT2D eigenvalue weighted by Crippen LogP contribution is 2.18. The van der Waals surface area contributed by atoms with Gasteiger partial charge < -0.3 is 14.8 Å². The van der Waals surface area contributed by atoms with Crippen molar-refractivity contribution in [3.8, 4) is 5.75 Å². The Hall–Kier alpha value is -3.15. The normalized spacial score (nSPS) is 10.4. The summed E-state index contributed by atoms with van der Waals surface area (Å²) < 4.78 is 22.8. The maximum Gasteiger partial charge on any atom is 0.331 e.